The molecule has 2 aromatic carbocycles. The summed E-state index contributed by atoms with van der Waals surface area (Å²) in [6.07, 6.45) is 0.821. The average Bonchev–Trinajstić information content (AvgIpc) is 3.36. The van der Waals surface area contributed by atoms with Crippen molar-refractivity contribution in [1.82, 2.24) is 5.06 Å². The maximum atomic E-state index is 11.0. The maximum Gasteiger partial charge on any atom is 0.231 e. The van der Waals surface area contributed by atoms with Gasteiger partial charge in [0, 0.05) is 12.8 Å². The van der Waals surface area contributed by atoms with Crippen molar-refractivity contribution in [2.75, 3.05) is 13.6 Å². The third-order valence-corrected chi connectivity index (χ3v) is 5.20. The molecule has 5 rings (SSSR count). The topological polar surface area (TPSA) is 93.0 Å². The van der Waals surface area contributed by atoms with Crippen molar-refractivity contribution in [3.8, 4) is 23.0 Å². The molecule has 0 unspecified atom stereocenters. The Bertz CT molecular complexity index is 846. The smallest absolute Gasteiger partial charge is 0.231 e. The van der Waals surface area contributed by atoms with Gasteiger partial charge in [-0.25, -0.2) is 0 Å². The van der Waals surface area contributed by atoms with Crippen LogP contribution in [0.4, 0.5) is 0 Å². The van der Waals surface area contributed by atoms with Crippen LogP contribution < -0.4 is 18.9 Å². The van der Waals surface area contributed by atoms with Crippen LogP contribution in [0.1, 0.15) is 36.1 Å². The van der Waals surface area contributed by atoms with Crippen molar-refractivity contribution in [3.05, 3.63) is 47.5 Å². The second-order valence-corrected chi connectivity index (χ2v) is 6.71. The van der Waals surface area contributed by atoms with E-state index < -0.39 is 0 Å². The van der Waals surface area contributed by atoms with Crippen LogP contribution in [-0.4, -0.2) is 34.8 Å². The van der Waals surface area contributed by atoms with Gasteiger partial charge in [-0.1, -0.05) is 17.3 Å². The second-order valence-electron chi connectivity index (χ2n) is 6.71. The van der Waals surface area contributed by atoms with E-state index in [9.17, 15) is 10.4 Å². The van der Waals surface area contributed by atoms with Crippen molar-refractivity contribution in [2.24, 2.45) is 5.16 Å². The van der Waals surface area contributed by atoms with E-state index in [-0.39, 0.29) is 25.7 Å². The molecule has 8 heteroatoms. The highest BCUT2D eigenvalue weighted by Crippen LogP contribution is 2.44. The fourth-order valence-electron chi connectivity index (χ4n) is 3.80. The summed E-state index contributed by atoms with van der Waals surface area (Å²) in [6.45, 7) is 0.380. The largest absolute Gasteiger partial charge is 0.454 e. The lowest BCUT2D eigenvalue weighted by atomic mass is 9.88. The molecule has 0 amide bonds. The van der Waals surface area contributed by atoms with Gasteiger partial charge in [-0.15, -0.1) is 0 Å². The van der Waals surface area contributed by atoms with Gasteiger partial charge >= 0.3 is 0 Å². The number of ether oxygens (including phenoxy) is 4. The summed E-state index contributed by atoms with van der Waals surface area (Å²) in [5, 5.41) is 25.2. The predicted octanol–water partition coefficient (Wildman–Crippen LogP) is 3.24. The van der Waals surface area contributed by atoms with Crippen molar-refractivity contribution in [1.29, 1.82) is 0 Å². The molecule has 0 aliphatic carbocycles. The van der Waals surface area contributed by atoms with Crippen molar-refractivity contribution < 1.29 is 29.4 Å². The molecule has 140 valence electrons. The summed E-state index contributed by atoms with van der Waals surface area (Å²) < 4.78 is 21.6. The number of piperidine rings is 1. The van der Waals surface area contributed by atoms with Crippen LogP contribution in [-0.2, 0) is 0 Å². The lowest BCUT2D eigenvalue weighted by molar-refractivity contribution is -0.167. The molecule has 8 nitrogen and oxygen atoms in total. The molecule has 0 spiro atoms. The highest BCUT2D eigenvalue weighted by molar-refractivity contribution is 5.86. The molecule has 2 aromatic rings. The van der Waals surface area contributed by atoms with Crippen LogP contribution in [0.15, 0.2) is 41.6 Å². The minimum absolute atomic E-state index is 0.190. The first kappa shape index (κ1) is 16.2. The Morgan fingerprint density at radius 1 is 0.778 bits per heavy atom. The first-order valence-electron chi connectivity index (χ1n) is 8.69. The molecule has 3 aliphatic heterocycles. The van der Waals surface area contributed by atoms with Crippen LogP contribution in [0.5, 0.6) is 23.0 Å². The number of benzene rings is 2. The molecular weight excluding hydrogens is 352 g/mol. The van der Waals surface area contributed by atoms with E-state index in [1.807, 2.05) is 36.4 Å². The molecule has 0 saturated carbocycles. The van der Waals surface area contributed by atoms with Gasteiger partial charge in [0.15, 0.2) is 23.0 Å². The third kappa shape index (κ3) is 2.73. The van der Waals surface area contributed by atoms with Gasteiger partial charge in [-0.2, -0.15) is 5.06 Å². The molecule has 0 aromatic heterocycles. The number of rotatable bonds is 2. The van der Waals surface area contributed by atoms with E-state index >= 15 is 0 Å². The first-order chi connectivity index (χ1) is 13.2. The zero-order chi connectivity index (χ0) is 18.4. The van der Waals surface area contributed by atoms with E-state index in [1.54, 1.807) is 0 Å². The lowest BCUT2D eigenvalue weighted by Gasteiger charge is -2.38. The Morgan fingerprint density at radius 3 is 1.74 bits per heavy atom. The summed E-state index contributed by atoms with van der Waals surface area (Å²) in [4.78, 5) is 0. The molecule has 0 bridgehead atoms. The number of hydroxylamine groups is 2. The van der Waals surface area contributed by atoms with Gasteiger partial charge < -0.3 is 29.4 Å². The van der Waals surface area contributed by atoms with Gasteiger partial charge in [0.1, 0.15) is 0 Å². The Balaban J connectivity index is 1.49. The Kier molecular flexibility index (Phi) is 3.80. The van der Waals surface area contributed by atoms with Gasteiger partial charge in [-0.3, -0.25) is 0 Å². The molecule has 2 N–H and O–H groups in total. The molecule has 2 atom stereocenters. The van der Waals surface area contributed by atoms with Crippen LogP contribution in [0, 0.1) is 0 Å². The quantitative estimate of drug-likeness (QED) is 0.619. The van der Waals surface area contributed by atoms with Crippen molar-refractivity contribution >= 4 is 5.71 Å². The molecule has 0 radical (unpaired) electrons. The second kappa shape index (κ2) is 6.33. The highest BCUT2D eigenvalue weighted by Gasteiger charge is 2.36. The van der Waals surface area contributed by atoms with Crippen LogP contribution in [0.25, 0.3) is 0 Å². The number of hydrogen-bond acceptors (Lipinski definition) is 8. The van der Waals surface area contributed by atoms with Gasteiger partial charge in [-0.05, 0) is 35.4 Å². The first-order valence-corrected chi connectivity index (χ1v) is 8.69. The average molecular weight is 370 g/mol. The highest BCUT2D eigenvalue weighted by atomic mass is 16.7. The van der Waals surface area contributed by atoms with E-state index in [0.717, 1.165) is 11.1 Å². The predicted molar refractivity (Wildman–Crippen MR) is 92.7 cm³/mol. The molecular formula is C19H18N2O6. The molecule has 1 saturated heterocycles. The zero-order valence-electron chi connectivity index (χ0n) is 14.4. The van der Waals surface area contributed by atoms with Crippen molar-refractivity contribution in [3.63, 3.8) is 0 Å². The van der Waals surface area contributed by atoms with Gasteiger partial charge in [0.25, 0.3) is 0 Å². The lowest BCUT2D eigenvalue weighted by Crippen LogP contribution is -2.37. The van der Waals surface area contributed by atoms with Gasteiger partial charge in [0.05, 0.1) is 17.8 Å². The summed E-state index contributed by atoms with van der Waals surface area (Å²) in [5.41, 5.74) is 2.33. The van der Waals surface area contributed by atoms with Crippen LogP contribution >= 0.6 is 0 Å². The number of nitrogens with zero attached hydrogens (tertiary/aromatic N) is 2. The summed E-state index contributed by atoms with van der Waals surface area (Å²) in [7, 11) is 0. The third-order valence-electron chi connectivity index (χ3n) is 5.20. The minimum Gasteiger partial charge on any atom is -0.454 e. The normalized spacial score (nSPS) is 25.1. The SMILES string of the molecule is ON=C1C[C@H](c2ccc3c(c2)OCO3)N(O)[C@H](c2ccc3c(c2)OCO3)C1. The number of fused-ring (bicyclic) bond motifs is 2. The summed E-state index contributed by atoms with van der Waals surface area (Å²) in [6, 6.07) is 10.4. The summed E-state index contributed by atoms with van der Waals surface area (Å²) >= 11 is 0. The Hall–Kier alpha value is -2.97. The van der Waals surface area contributed by atoms with E-state index in [4.69, 9.17) is 18.9 Å². The minimum atomic E-state index is -0.380. The van der Waals surface area contributed by atoms with E-state index in [0.29, 0.717) is 41.6 Å². The molecule has 1 fully saturated rings. The maximum absolute atomic E-state index is 11.0. The Morgan fingerprint density at radius 2 is 1.26 bits per heavy atom. The Labute approximate surface area is 155 Å². The molecule has 27 heavy (non-hydrogen) atoms. The van der Waals surface area contributed by atoms with Gasteiger partial charge in [0.2, 0.25) is 13.6 Å². The fraction of sp³-hybridized carbons (Fsp3) is 0.316. The summed E-state index contributed by atoms with van der Waals surface area (Å²) in [5.74, 6) is 2.66. The van der Waals surface area contributed by atoms with Crippen LogP contribution in [0.3, 0.4) is 0 Å². The van der Waals surface area contributed by atoms with Crippen molar-refractivity contribution in [2.45, 2.75) is 24.9 Å². The standard InChI is InChI=1S/C19H18N2O6/c22-20-13-7-14(11-1-3-16-18(5-11)26-9-24-16)21(23)15(8-13)12-2-4-17-19(6-12)27-10-25-17/h1-6,14-15,22-23H,7-10H2/t14-,15+. The fourth-order valence-corrected chi connectivity index (χ4v) is 3.80. The number of hydrogen-bond donors (Lipinski definition) is 2. The number of oxime groups is 1. The zero-order valence-corrected chi connectivity index (χ0v) is 14.4. The molecule has 3 heterocycles. The molecule has 3 aliphatic rings. The van der Waals surface area contributed by atoms with E-state index in [1.165, 1.54) is 5.06 Å². The van der Waals surface area contributed by atoms with E-state index in [2.05, 4.69) is 5.16 Å². The monoisotopic (exact) mass is 370 g/mol. The van der Waals surface area contributed by atoms with Crippen LogP contribution in [0.2, 0.25) is 0 Å².